The fraction of sp³-hybridized carbons (Fsp3) is 0.375. The lowest BCUT2D eigenvalue weighted by Crippen LogP contribution is -1.88. The van der Waals surface area contributed by atoms with Gasteiger partial charge in [0.1, 0.15) is 11.5 Å². The number of ether oxygens (including phenoxy) is 1. The van der Waals surface area contributed by atoms with Crippen LogP contribution in [0, 0.1) is 0 Å². The lowest BCUT2D eigenvalue weighted by atomic mass is 10.0. The highest BCUT2D eigenvalue weighted by Gasteiger charge is 2.05. The zero-order chi connectivity index (χ0) is 13.0. The molecule has 0 atom stereocenters. The van der Waals surface area contributed by atoms with Crippen molar-refractivity contribution in [2.45, 2.75) is 32.6 Å². The zero-order valence-corrected chi connectivity index (χ0v) is 11.1. The summed E-state index contributed by atoms with van der Waals surface area (Å²) in [5, 5.41) is 12.2. The van der Waals surface area contributed by atoms with E-state index in [2.05, 4.69) is 13.0 Å². The van der Waals surface area contributed by atoms with Crippen LogP contribution in [0.4, 0.5) is 0 Å². The number of methoxy groups -OCH3 is 1. The standard InChI is InChI=1S/C16H20O2/c1-3-4-5-6-13-9-14-10-15(18-2)8-7-12(14)11-16(13)17/h7-11,17H,3-6H2,1-2H3. The van der Waals surface area contributed by atoms with Crippen molar-refractivity contribution in [3.05, 3.63) is 35.9 Å². The van der Waals surface area contributed by atoms with Crippen LogP contribution in [-0.2, 0) is 6.42 Å². The number of aromatic hydroxyl groups is 1. The van der Waals surface area contributed by atoms with Gasteiger partial charge in [-0.15, -0.1) is 0 Å². The second kappa shape index (κ2) is 5.76. The van der Waals surface area contributed by atoms with Gasteiger partial charge in [0.25, 0.3) is 0 Å². The smallest absolute Gasteiger partial charge is 0.119 e. The first-order valence-electron chi connectivity index (χ1n) is 6.54. The maximum Gasteiger partial charge on any atom is 0.119 e. The predicted molar refractivity (Wildman–Crippen MR) is 75.4 cm³/mol. The monoisotopic (exact) mass is 244 g/mol. The summed E-state index contributed by atoms with van der Waals surface area (Å²) >= 11 is 0. The van der Waals surface area contributed by atoms with E-state index >= 15 is 0 Å². The predicted octanol–water partition coefficient (Wildman–Crippen LogP) is 4.29. The van der Waals surface area contributed by atoms with E-state index in [1.807, 2.05) is 24.3 Å². The molecule has 0 aliphatic carbocycles. The molecule has 2 rings (SSSR count). The molecule has 18 heavy (non-hydrogen) atoms. The van der Waals surface area contributed by atoms with Crippen molar-refractivity contribution in [2.75, 3.05) is 7.11 Å². The third-order valence-corrected chi connectivity index (χ3v) is 3.29. The molecule has 0 saturated heterocycles. The molecular weight excluding hydrogens is 224 g/mol. The summed E-state index contributed by atoms with van der Waals surface area (Å²) in [6, 6.07) is 9.82. The Balaban J connectivity index is 2.32. The Morgan fingerprint density at radius 1 is 1.06 bits per heavy atom. The number of benzene rings is 2. The van der Waals surface area contributed by atoms with Crippen molar-refractivity contribution in [1.82, 2.24) is 0 Å². The second-order valence-electron chi connectivity index (χ2n) is 4.65. The molecule has 0 saturated carbocycles. The molecule has 0 radical (unpaired) electrons. The largest absolute Gasteiger partial charge is 0.508 e. The summed E-state index contributed by atoms with van der Waals surface area (Å²) < 4.78 is 5.23. The van der Waals surface area contributed by atoms with Crippen LogP contribution < -0.4 is 4.74 Å². The van der Waals surface area contributed by atoms with Gasteiger partial charge in [-0.05, 0) is 53.4 Å². The Bertz CT molecular complexity index is 532. The number of phenolic OH excluding ortho intramolecular Hbond substituents is 1. The molecule has 0 heterocycles. The first kappa shape index (κ1) is 12.7. The Labute approximate surface area is 108 Å². The Kier molecular flexibility index (Phi) is 4.08. The quantitative estimate of drug-likeness (QED) is 0.795. The van der Waals surface area contributed by atoms with Crippen LogP contribution in [0.3, 0.4) is 0 Å². The SMILES string of the molecule is CCCCCc1cc2cc(OC)ccc2cc1O. The van der Waals surface area contributed by atoms with Gasteiger partial charge in [-0.2, -0.15) is 0 Å². The van der Waals surface area contributed by atoms with Crippen LogP contribution in [-0.4, -0.2) is 12.2 Å². The lowest BCUT2D eigenvalue weighted by molar-refractivity contribution is 0.415. The van der Waals surface area contributed by atoms with E-state index < -0.39 is 0 Å². The van der Waals surface area contributed by atoms with Gasteiger partial charge in [0, 0.05) is 0 Å². The molecular formula is C16H20O2. The van der Waals surface area contributed by atoms with Crippen LogP contribution in [0.2, 0.25) is 0 Å². The van der Waals surface area contributed by atoms with E-state index in [0.717, 1.165) is 34.9 Å². The molecule has 2 aromatic carbocycles. The molecule has 0 aromatic heterocycles. The zero-order valence-electron chi connectivity index (χ0n) is 11.1. The van der Waals surface area contributed by atoms with Crippen molar-refractivity contribution in [2.24, 2.45) is 0 Å². The van der Waals surface area contributed by atoms with Gasteiger partial charge in [0.05, 0.1) is 7.11 Å². The maximum absolute atomic E-state index is 10.0. The molecule has 2 heteroatoms. The Morgan fingerprint density at radius 2 is 1.89 bits per heavy atom. The number of hydrogen-bond donors (Lipinski definition) is 1. The van der Waals surface area contributed by atoms with Crippen molar-refractivity contribution in [1.29, 1.82) is 0 Å². The fourth-order valence-electron chi connectivity index (χ4n) is 2.20. The molecule has 96 valence electrons. The van der Waals surface area contributed by atoms with Crippen molar-refractivity contribution in [3.63, 3.8) is 0 Å². The third kappa shape index (κ3) is 2.76. The molecule has 0 spiro atoms. The Hall–Kier alpha value is -1.70. The summed E-state index contributed by atoms with van der Waals surface area (Å²) in [5.41, 5.74) is 1.03. The molecule has 0 amide bonds. The van der Waals surface area contributed by atoms with Gasteiger partial charge in [-0.3, -0.25) is 0 Å². The highest BCUT2D eigenvalue weighted by molar-refractivity contribution is 5.86. The minimum atomic E-state index is 0.406. The van der Waals surface area contributed by atoms with Crippen LogP contribution >= 0.6 is 0 Å². The minimum Gasteiger partial charge on any atom is -0.508 e. The molecule has 2 aromatic rings. The van der Waals surface area contributed by atoms with Gasteiger partial charge in [-0.25, -0.2) is 0 Å². The van der Waals surface area contributed by atoms with Crippen molar-refractivity contribution < 1.29 is 9.84 Å². The van der Waals surface area contributed by atoms with Gasteiger partial charge in [-0.1, -0.05) is 25.8 Å². The van der Waals surface area contributed by atoms with Crippen LogP contribution in [0.1, 0.15) is 31.7 Å². The lowest BCUT2D eigenvalue weighted by Gasteiger charge is -2.08. The first-order chi connectivity index (χ1) is 8.74. The fourth-order valence-corrected chi connectivity index (χ4v) is 2.20. The van der Waals surface area contributed by atoms with Crippen LogP contribution in [0.15, 0.2) is 30.3 Å². The van der Waals surface area contributed by atoms with Crippen molar-refractivity contribution in [3.8, 4) is 11.5 Å². The number of unbranched alkanes of at least 4 members (excludes halogenated alkanes) is 2. The molecule has 0 unspecified atom stereocenters. The maximum atomic E-state index is 10.0. The number of fused-ring (bicyclic) bond motifs is 1. The number of aryl methyl sites for hydroxylation is 1. The summed E-state index contributed by atoms with van der Waals surface area (Å²) in [4.78, 5) is 0. The first-order valence-corrected chi connectivity index (χ1v) is 6.54. The average Bonchev–Trinajstić information content (AvgIpc) is 2.39. The molecule has 0 aliphatic rings. The van der Waals surface area contributed by atoms with Crippen LogP contribution in [0.5, 0.6) is 11.5 Å². The van der Waals surface area contributed by atoms with Crippen molar-refractivity contribution >= 4 is 10.8 Å². The summed E-state index contributed by atoms with van der Waals surface area (Å²) in [6.45, 7) is 2.19. The minimum absolute atomic E-state index is 0.406. The molecule has 0 aliphatic heterocycles. The van der Waals surface area contributed by atoms with E-state index in [4.69, 9.17) is 4.74 Å². The Morgan fingerprint density at radius 3 is 2.61 bits per heavy atom. The van der Waals surface area contributed by atoms with E-state index in [1.165, 1.54) is 12.8 Å². The number of rotatable bonds is 5. The highest BCUT2D eigenvalue weighted by atomic mass is 16.5. The number of hydrogen-bond acceptors (Lipinski definition) is 2. The van der Waals surface area contributed by atoms with E-state index in [-0.39, 0.29) is 0 Å². The topological polar surface area (TPSA) is 29.5 Å². The summed E-state index contributed by atoms with van der Waals surface area (Å²) in [5.74, 6) is 1.26. The molecule has 0 bridgehead atoms. The van der Waals surface area contributed by atoms with E-state index in [0.29, 0.717) is 5.75 Å². The van der Waals surface area contributed by atoms with Gasteiger partial charge in [0.15, 0.2) is 0 Å². The highest BCUT2D eigenvalue weighted by Crippen LogP contribution is 2.28. The molecule has 0 fully saturated rings. The molecule has 1 N–H and O–H groups in total. The van der Waals surface area contributed by atoms with Crippen LogP contribution in [0.25, 0.3) is 10.8 Å². The normalized spacial score (nSPS) is 10.8. The second-order valence-corrected chi connectivity index (χ2v) is 4.65. The van der Waals surface area contributed by atoms with Gasteiger partial charge in [0.2, 0.25) is 0 Å². The third-order valence-electron chi connectivity index (χ3n) is 3.29. The number of phenols is 1. The molecule has 2 nitrogen and oxygen atoms in total. The average molecular weight is 244 g/mol. The van der Waals surface area contributed by atoms with Gasteiger partial charge >= 0.3 is 0 Å². The van der Waals surface area contributed by atoms with E-state index in [9.17, 15) is 5.11 Å². The van der Waals surface area contributed by atoms with Gasteiger partial charge < -0.3 is 9.84 Å². The summed E-state index contributed by atoms with van der Waals surface area (Å²) in [6.07, 6.45) is 4.46. The summed E-state index contributed by atoms with van der Waals surface area (Å²) in [7, 11) is 1.67. The van der Waals surface area contributed by atoms with E-state index in [1.54, 1.807) is 7.11 Å².